The smallest absolute Gasteiger partial charge is 0.117 e. The molecule has 0 radical (unpaired) electrons. The third-order valence-corrected chi connectivity index (χ3v) is 3.85. The number of ether oxygens (including phenoxy) is 1. The molecule has 0 aliphatic carbocycles. The lowest BCUT2D eigenvalue weighted by Crippen LogP contribution is -2.41. The number of hydrogen-bond donors (Lipinski definition) is 1. The van der Waals surface area contributed by atoms with E-state index in [2.05, 4.69) is 40.5 Å². The molecular weight excluding hydrogens is 264 g/mol. The summed E-state index contributed by atoms with van der Waals surface area (Å²) in [5.74, 6) is 0.970. The lowest BCUT2D eigenvalue weighted by Gasteiger charge is -2.31. The number of nitrogens with one attached hydrogen (secondary N) is 1. The van der Waals surface area contributed by atoms with Gasteiger partial charge in [-0.25, -0.2) is 0 Å². The topological polar surface area (TPSA) is 37.6 Å². The molecule has 0 amide bonds. The van der Waals surface area contributed by atoms with Crippen LogP contribution in [0, 0.1) is 0 Å². The van der Waals surface area contributed by atoms with Crippen molar-refractivity contribution < 1.29 is 9.15 Å². The van der Waals surface area contributed by atoms with E-state index in [9.17, 15) is 0 Å². The van der Waals surface area contributed by atoms with Gasteiger partial charge in [0.05, 0.1) is 26.0 Å². The number of rotatable bonds is 6. The number of morpholine rings is 1. The molecule has 2 aromatic rings. The Morgan fingerprint density at radius 1 is 1.05 bits per heavy atom. The van der Waals surface area contributed by atoms with E-state index in [1.807, 2.05) is 12.1 Å². The predicted molar refractivity (Wildman–Crippen MR) is 82.0 cm³/mol. The van der Waals surface area contributed by atoms with E-state index in [1.165, 1.54) is 5.56 Å². The van der Waals surface area contributed by atoms with Crippen LogP contribution in [-0.2, 0) is 11.3 Å². The van der Waals surface area contributed by atoms with Gasteiger partial charge in [-0.1, -0.05) is 30.3 Å². The molecule has 0 saturated carbocycles. The van der Waals surface area contributed by atoms with Crippen molar-refractivity contribution in [2.24, 2.45) is 0 Å². The lowest BCUT2D eigenvalue weighted by molar-refractivity contribution is 0.0332. The number of nitrogens with zero attached hydrogens (tertiary/aromatic N) is 1. The highest BCUT2D eigenvalue weighted by Gasteiger charge is 2.18. The Morgan fingerprint density at radius 3 is 2.57 bits per heavy atom. The summed E-state index contributed by atoms with van der Waals surface area (Å²) >= 11 is 0. The first-order valence-electron chi connectivity index (χ1n) is 7.52. The Bertz CT molecular complexity index is 507. The SMILES string of the molecule is c1ccc(C(CN2CCOCC2)NCc2ccco2)cc1. The molecule has 1 aliphatic heterocycles. The molecule has 1 fully saturated rings. The Morgan fingerprint density at radius 2 is 1.86 bits per heavy atom. The van der Waals surface area contributed by atoms with Gasteiger partial charge in [-0.05, 0) is 17.7 Å². The first-order valence-corrected chi connectivity index (χ1v) is 7.52. The highest BCUT2D eigenvalue weighted by atomic mass is 16.5. The second-order valence-corrected chi connectivity index (χ2v) is 5.34. The Balaban J connectivity index is 1.65. The standard InChI is InChI=1S/C17H22N2O2/c1-2-5-15(6-3-1)17(14-19-8-11-20-12-9-19)18-13-16-7-4-10-21-16/h1-7,10,17-18H,8-9,11-14H2. The average Bonchev–Trinajstić information content (AvgIpc) is 3.07. The van der Waals surface area contributed by atoms with E-state index in [-0.39, 0.29) is 0 Å². The Labute approximate surface area is 125 Å². The molecule has 112 valence electrons. The van der Waals surface area contributed by atoms with Crippen LogP contribution in [-0.4, -0.2) is 37.7 Å². The summed E-state index contributed by atoms with van der Waals surface area (Å²) < 4.78 is 10.8. The van der Waals surface area contributed by atoms with E-state index >= 15 is 0 Å². The van der Waals surface area contributed by atoms with Crippen LogP contribution in [0.4, 0.5) is 0 Å². The van der Waals surface area contributed by atoms with Gasteiger partial charge in [-0.15, -0.1) is 0 Å². The van der Waals surface area contributed by atoms with Crippen molar-refractivity contribution >= 4 is 0 Å². The molecule has 4 nitrogen and oxygen atoms in total. The van der Waals surface area contributed by atoms with Crippen LogP contribution in [0.5, 0.6) is 0 Å². The molecule has 1 aliphatic rings. The summed E-state index contributed by atoms with van der Waals surface area (Å²) in [6, 6.07) is 14.8. The third-order valence-electron chi connectivity index (χ3n) is 3.85. The minimum Gasteiger partial charge on any atom is -0.468 e. The van der Waals surface area contributed by atoms with Gasteiger partial charge in [0, 0.05) is 25.7 Å². The summed E-state index contributed by atoms with van der Waals surface area (Å²) in [4.78, 5) is 2.45. The highest BCUT2D eigenvalue weighted by Crippen LogP contribution is 2.16. The fourth-order valence-corrected chi connectivity index (χ4v) is 2.65. The zero-order valence-electron chi connectivity index (χ0n) is 12.2. The maximum Gasteiger partial charge on any atom is 0.117 e. The molecule has 1 saturated heterocycles. The largest absolute Gasteiger partial charge is 0.468 e. The molecule has 1 aromatic carbocycles. The van der Waals surface area contributed by atoms with Crippen molar-refractivity contribution in [1.82, 2.24) is 10.2 Å². The second kappa shape index (κ2) is 7.41. The number of hydrogen-bond acceptors (Lipinski definition) is 4. The summed E-state index contributed by atoms with van der Waals surface area (Å²) in [5, 5.41) is 3.61. The molecule has 2 heterocycles. The van der Waals surface area contributed by atoms with Crippen molar-refractivity contribution in [2.45, 2.75) is 12.6 Å². The lowest BCUT2D eigenvalue weighted by atomic mass is 10.1. The molecule has 3 rings (SSSR count). The van der Waals surface area contributed by atoms with E-state index < -0.39 is 0 Å². The summed E-state index contributed by atoms with van der Waals surface area (Å²) in [6.07, 6.45) is 1.72. The normalized spacial score (nSPS) is 17.7. The maximum absolute atomic E-state index is 5.43. The molecular formula is C17H22N2O2. The predicted octanol–water partition coefficient (Wildman–Crippen LogP) is 2.44. The fourth-order valence-electron chi connectivity index (χ4n) is 2.65. The van der Waals surface area contributed by atoms with Crippen LogP contribution in [0.3, 0.4) is 0 Å². The first kappa shape index (κ1) is 14.3. The zero-order chi connectivity index (χ0) is 14.3. The van der Waals surface area contributed by atoms with Crippen LogP contribution in [0.25, 0.3) is 0 Å². The summed E-state index contributed by atoms with van der Waals surface area (Å²) in [6.45, 7) is 5.42. The molecule has 1 unspecified atom stereocenters. The van der Waals surface area contributed by atoms with Gasteiger partial charge in [0.15, 0.2) is 0 Å². The van der Waals surface area contributed by atoms with Gasteiger partial charge < -0.3 is 14.5 Å². The van der Waals surface area contributed by atoms with Gasteiger partial charge in [-0.2, -0.15) is 0 Å². The Hall–Kier alpha value is -1.62. The van der Waals surface area contributed by atoms with Crippen molar-refractivity contribution in [2.75, 3.05) is 32.8 Å². The van der Waals surface area contributed by atoms with Gasteiger partial charge in [-0.3, -0.25) is 4.90 Å². The molecule has 21 heavy (non-hydrogen) atoms. The van der Waals surface area contributed by atoms with E-state index in [1.54, 1.807) is 6.26 Å². The summed E-state index contributed by atoms with van der Waals surface area (Å²) in [5.41, 5.74) is 1.32. The maximum atomic E-state index is 5.43. The van der Waals surface area contributed by atoms with Gasteiger partial charge >= 0.3 is 0 Å². The fraction of sp³-hybridized carbons (Fsp3) is 0.412. The first-order chi connectivity index (χ1) is 10.4. The van der Waals surface area contributed by atoms with E-state index in [4.69, 9.17) is 9.15 Å². The highest BCUT2D eigenvalue weighted by molar-refractivity contribution is 5.19. The van der Waals surface area contributed by atoms with Crippen molar-refractivity contribution in [3.63, 3.8) is 0 Å². The minimum atomic E-state index is 0.300. The molecule has 4 heteroatoms. The van der Waals surface area contributed by atoms with E-state index in [0.29, 0.717) is 6.04 Å². The van der Waals surface area contributed by atoms with Crippen LogP contribution < -0.4 is 5.32 Å². The summed E-state index contributed by atoms with van der Waals surface area (Å²) in [7, 11) is 0. The van der Waals surface area contributed by atoms with E-state index in [0.717, 1.165) is 45.2 Å². The van der Waals surface area contributed by atoms with Gasteiger partial charge in [0.25, 0.3) is 0 Å². The third kappa shape index (κ3) is 4.17. The zero-order valence-corrected chi connectivity index (χ0v) is 12.2. The molecule has 1 aromatic heterocycles. The van der Waals surface area contributed by atoms with Gasteiger partial charge in [0.2, 0.25) is 0 Å². The van der Waals surface area contributed by atoms with Crippen molar-refractivity contribution in [3.8, 4) is 0 Å². The van der Waals surface area contributed by atoms with Crippen LogP contribution in [0.15, 0.2) is 53.1 Å². The number of furan rings is 1. The quantitative estimate of drug-likeness (QED) is 0.885. The number of benzene rings is 1. The second-order valence-electron chi connectivity index (χ2n) is 5.34. The van der Waals surface area contributed by atoms with Crippen LogP contribution in [0.2, 0.25) is 0 Å². The monoisotopic (exact) mass is 286 g/mol. The molecule has 0 spiro atoms. The average molecular weight is 286 g/mol. The minimum absolute atomic E-state index is 0.300. The molecule has 1 N–H and O–H groups in total. The van der Waals surface area contributed by atoms with Crippen LogP contribution >= 0.6 is 0 Å². The Kier molecular flexibility index (Phi) is 5.05. The molecule has 1 atom stereocenters. The van der Waals surface area contributed by atoms with Crippen molar-refractivity contribution in [1.29, 1.82) is 0 Å². The van der Waals surface area contributed by atoms with Gasteiger partial charge in [0.1, 0.15) is 5.76 Å². The van der Waals surface area contributed by atoms with Crippen LogP contribution in [0.1, 0.15) is 17.4 Å². The van der Waals surface area contributed by atoms with Crippen molar-refractivity contribution in [3.05, 3.63) is 60.1 Å². The molecule has 0 bridgehead atoms.